The van der Waals surface area contributed by atoms with Crippen molar-refractivity contribution in [1.29, 1.82) is 0 Å². The van der Waals surface area contributed by atoms with Gasteiger partial charge in [0.05, 0.1) is 6.54 Å². The second-order valence-corrected chi connectivity index (χ2v) is 7.40. The predicted octanol–water partition coefficient (Wildman–Crippen LogP) is 0.857. The fourth-order valence-corrected chi connectivity index (χ4v) is 3.52. The van der Waals surface area contributed by atoms with Gasteiger partial charge < -0.3 is 20.9 Å². The van der Waals surface area contributed by atoms with Crippen molar-refractivity contribution in [2.75, 3.05) is 26.7 Å². The summed E-state index contributed by atoms with van der Waals surface area (Å²) in [5, 5.41) is 9.48. The molecule has 1 saturated heterocycles. The van der Waals surface area contributed by atoms with Gasteiger partial charge in [0, 0.05) is 38.1 Å². The molecule has 1 saturated carbocycles. The van der Waals surface area contributed by atoms with E-state index in [0.29, 0.717) is 18.5 Å². The summed E-state index contributed by atoms with van der Waals surface area (Å²) in [5.74, 6) is 0.847. The van der Waals surface area contributed by atoms with Crippen LogP contribution in [0.2, 0.25) is 0 Å². The number of likely N-dealkylation sites (tertiary alicyclic amines) is 1. The van der Waals surface area contributed by atoms with E-state index >= 15 is 0 Å². The van der Waals surface area contributed by atoms with Crippen LogP contribution in [0.15, 0.2) is 4.99 Å². The summed E-state index contributed by atoms with van der Waals surface area (Å²) in [6.45, 7) is 5.53. The van der Waals surface area contributed by atoms with Crippen molar-refractivity contribution in [2.24, 2.45) is 10.9 Å². The molecule has 2 fully saturated rings. The molecular weight excluding hydrogens is 318 g/mol. The Morgan fingerprint density at radius 3 is 2.44 bits per heavy atom. The molecule has 2 rings (SSSR count). The Morgan fingerprint density at radius 1 is 1.08 bits per heavy atom. The highest BCUT2D eigenvalue weighted by atomic mass is 16.2. The number of hydrogen-bond donors (Lipinski definition) is 3. The van der Waals surface area contributed by atoms with Crippen molar-refractivity contribution in [2.45, 2.75) is 64.5 Å². The van der Waals surface area contributed by atoms with E-state index in [2.05, 4.69) is 20.9 Å². The van der Waals surface area contributed by atoms with Crippen LogP contribution in [-0.2, 0) is 9.59 Å². The number of nitrogens with one attached hydrogen (secondary N) is 3. The van der Waals surface area contributed by atoms with Crippen molar-refractivity contribution >= 4 is 17.8 Å². The zero-order chi connectivity index (χ0) is 18.2. The number of carbonyl (C=O) groups is 2. The van der Waals surface area contributed by atoms with E-state index in [1.165, 1.54) is 19.3 Å². The number of rotatable bonds is 5. The Balaban J connectivity index is 1.70. The van der Waals surface area contributed by atoms with Crippen LogP contribution < -0.4 is 16.0 Å². The Hall–Kier alpha value is -1.79. The average Bonchev–Trinajstić information content (AvgIpc) is 3.07. The van der Waals surface area contributed by atoms with Gasteiger partial charge in [-0.25, -0.2) is 0 Å². The maximum absolute atomic E-state index is 12.1. The summed E-state index contributed by atoms with van der Waals surface area (Å²) in [7, 11) is 1.69. The largest absolute Gasteiger partial charge is 0.352 e. The van der Waals surface area contributed by atoms with Crippen LogP contribution in [0.4, 0.5) is 0 Å². The fourth-order valence-electron chi connectivity index (χ4n) is 3.52. The van der Waals surface area contributed by atoms with Gasteiger partial charge >= 0.3 is 0 Å². The van der Waals surface area contributed by atoms with Crippen molar-refractivity contribution in [1.82, 2.24) is 20.9 Å². The maximum Gasteiger partial charge on any atom is 0.239 e. The third kappa shape index (κ3) is 6.21. The highest BCUT2D eigenvalue weighted by molar-refractivity contribution is 5.86. The Kier molecular flexibility index (Phi) is 7.52. The summed E-state index contributed by atoms with van der Waals surface area (Å²) < 4.78 is 0. The summed E-state index contributed by atoms with van der Waals surface area (Å²) in [4.78, 5) is 30.2. The van der Waals surface area contributed by atoms with Crippen molar-refractivity contribution in [3.05, 3.63) is 0 Å². The zero-order valence-electron chi connectivity index (χ0n) is 15.8. The number of carbonyl (C=O) groups excluding carboxylic acids is 2. The van der Waals surface area contributed by atoms with Gasteiger partial charge in [-0.05, 0) is 19.3 Å². The standard InChI is InChI=1S/C18H33N5O2/c1-13(2)17(25)23-10-9-15(12-23)22-18(19-3)20-11-16(24)21-14-7-5-4-6-8-14/h13-15H,4-12H2,1-3H3,(H,21,24)(H2,19,20,22). The van der Waals surface area contributed by atoms with Crippen LogP contribution in [0.5, 0.6) is 0 Å². The SMILES string of the molecule is CN=C(NCC(=O)NC1CCCCC1)NC1CCN(C(=O)C(C)C)C1. The minimum absolute atomic E-state index is 0.0119. The fraction of sp³-hybridized carbons (Fsp3) is 0.833. The second-order valence-electron chi connectivity index (χ2n) is 7.40. The van der Waals surface area contributed by atoms with E-state index in [0.717, 1.165) is 25.8 Å². The van der Waals surface area contributed by atoms with Gasteiger partial charge in [0.25, 0.3) is 0 Å². The molecule has 7 nitrogen and oxygen atoms in total. The first-order valence-electron chi connectivity index (χ1n) is 9.55. The number of guanidine groups is 1. The smallest absolute Gasteiger partial charge is 0.239 e. The molecule has 25 heavy (non-hydrogen) atoms. The lowest BCUT2D eigenvalue weighted by Gasteiger charge is -2.23. The van der Waals surface area contributed by atoms with Gasteiger partial charge in [-0.3, -0.25) is 14.6 Å². The van der Waals surface area contributed by atoms with Crippen LogP contribution in [-0.4, -0.2) is 61.4 Å². The van der Waals surface area contributed by atoms with Crippen molar-refractivity contribution in [3.63, 3.8) is 0 Å². The van der Waals surface area contributed by atoms with E-state index in [9.17, 15) is 9.59 Å². The summed E-state index contributed by atoms with van der Waals surface area (Å²) >= 11 is 0. The molecule has 0 aromatic rings. The highest BCUT2D eigenvalue weighted by Gasteiger charge is 2.28. The van der Waals surface area contributed by atoms with E-state index in [-0.39, 0.29) is 30.3 Å². The quantitative estimate of drug-likeness (QED) is 0.506. The molecule has 1 aliphatic carbocycles. The molecule has 1 heterocycles. The van der Waals surface area contributed by atoms with Crippen LogP contribution >= 0.6 is 0 Å². The van der Waals surface area contributed by atoms with Gasteiger partial charge in [-0.2, -0.15) is 0 Å². The number of aliphatic imine (C=N–C) groups is 1. The molecule has 0 aromatic carbocycles. The third-order valence-electron chi connectivity index (χ3n) is 4.94. The normalized spacial score (nSPS) is 22.2. The second kappa shape index (κ2) is 9.63. The zero-order valence-corrected chi connectivity index (χ0v) is 15.8. The molecule has 3 N–H and O–H groups in total. The molecule has 1 aliphatic heterocycles. The van der Waals surface area contributed by atoms with Crippen molar-refractivity contribution < 1.29 is 9.59 Å². The Bertz CT molecular complexity index is 486. The molecule has 0 bridgehead atoms. The molecule has 0 spiro atoms. The van der Waals surface area contributed by atoms with E-state index in [4.69, 9.17) is 0 Å². The van der Waals surface area contributed by atoms with Gasteiger partial charge in [0.15, 0.2) is 5.96 Å². The van der Waals surface area contributed by atoms with Crippen molar-refractivity contribution in [3.8, 4) is 0 Å². The van der Waals surface area contributed by atoms with Gasteiger partial charge in [-0.1, -0.05) is 33.1 Å². The third-order valence-corrected chi connectivity index (χ3v) is 4.94. The molecule has 2 amide bonds. The summed E-state index contributed by atoms with van der Waals surface area (Å²) in [5.41, 5.74) is 0. The molecule has 1 unspecified atom stereocenters. The first-order chi connectivity index (χ1) is 12.0. The van der Waals surface area contributed by atoms with E-state index in [1.807, 2.05) is 18.7 Å². The molecule has 142 valence electrons. The number of hydrogen-bond acceptors (Lipinski definition) is 3. The average molecular weight is 351 g/mol. The number of nitrogens with zero attached hydrogens (tertiary/aromatic N) is 2. The predicted molar refractivity (Wildman–Crippen MR) is 99.3 cm³/mol. The molecule has 0 radical (unpaired) electrons. The summed E-state index contributed by atoms with van der Waals surface area (Å²) in [6.07, 6.45) is 6.75. The van der Waals surface area contributed by atoms with E-state index < -0.39 is 0 Å². The topological polar surface area (TPSA) is 85.8 Å². The molecule has 7 heteroatoms. The molecule has 2 aliphatic rings. The first-order valence-corrected chi connectivity index (χ1v) is 9.55. The van der Waals surface area contributed by atoms with Crippen LogP contribution in [0.25, 0.3) is 0 Å². The summed E-state index contributed by atoms with van der Waals surface area (Å²) in [6, 6.07) is 0.499. The molecular formula is C18H33N5O2. The molecule has 1 atom stereocenters. The van der Waals surface area contributed by atoms with Gasteiger partial charge in [0.2, 0.25) is 11.8 Å². The Morgan fingerprint density at radius 2 is 1.80 bits per heavy atom. The van der Waals surface area contributed by atoms with Crippen LogP contribution in [0, 0.1) is 5.92 Å². The Labute approximate surface area is 151 Å². The monoisotopic (exact) mass is 351 g/mol. The molecule has 0 aromatic heterocycles. The lowest BCUT2D eigenvalue weighted by atomic mass is 9.95. The van der Waals surface area contributed by atoms with Crippen LogP contribution in [0.3, 0.4) is 0 Å². The maximum atomic E-state index is 12.1. The first kappa shape index (κ1) is 19.5. The van der Waals surface area contributed by atoms with E-state index in [1.54, 1.807) is 7.05 Å². The minimum Gasteiger partial charge on any atom is -0.352 e. The lowest BCUT2D eigenvalue weighted by Crippen LogP contribution is -2.49. The minimum atomic E-state index is 0.0119. The van der Waals surface area contributed by atoms with Gasteiger partial charge in [0.1, 0.15) is 0 Å². The highest BCUT2D eigenvalue weighted by Crippen LogP contribution is 2.17. The van der Waals surface area contributed by atoms with Gasteiger partial charge in [-0.15, -0.1) is 0 Å². The van der Waals surface area contributed by atoms with Crippen LogP contribution in [0.1, 0.15) is 52.4 Å². The lowest BCUT2D eigenvalue weighted by molar-refractivity contribution is -0.133. The number of amides is 2.